The Bertz CT molecular complexity index is 396. The summed E-state index contributed by atoms with van der Waals surface area (Å²) in [5, 5.41) is 0.981. The molecule has 4 heteroatoms. The Morgan fingerprint density at radius 2 is 2.25 bits per heavy atom. The van der Waals surface area contributed by atoms with Gasteiger partial charge in [0.2, 0.25) is 0 Å². The number of aromatic nitrogens is 1. The van der Waals surface area contributed by atoms with Gasteiger partial charge in [0.05, 0.1) is 10.6 Å². The van der Waals surface area contributed by atoms with Crippen LogP contribution < -0.4 is 4.90 Å². The first-order valence-corrected chi connectivity index (χ1v) is 6.59. The lowest BCUT2D eigenvalue weighted by Gasteiger charge is -2.29. The van der Waals surface area contributed by atoms with E-state index in [9.17, 15) is 4.79 Å². The van der Waals surface area contributed by atoms with Gasteiger partial charge in [0, 0.05) is 20.5 Å². The summed E-state index contributed by atoms with van der Waals surface area (Å²) < 4.78 is 0. The first-order chi connectivity index (χ1) is 7.58. The Morgan fingerprint density at radius 1 is 1.56 bits per heavy atom. The third kappa shape index (κ3) is 2.26. The van der Waals surface area contributed by atoms with Crippen molar-refractivity contribution in [1.82, 2.24) is 4.98 Å². The van der Waals surface area contributed by atoms with Crippen molar-refractivity contribution in [3.05, 3.63) is 10.6 Å². The number of aryl methyl sites for hydroxylation is 1. The third-order valence-electron chi connectivity index (χ3n) is 3.19. The van der Waals surface area contributed by atoms with E-state index in [-0.39, 0.29) is 5.78 Å². The quantitative estimate of drug-likeness (QED) is 0.756. The summed E-state index contributed by atoms with van der Waals surface area (Å²) >= 11 is 1.52. The van der Waals surface area contributed by atoms with Gasteiger partial charge in [-0.3, -0.25) is 4.79 Å². The van der Waals surface area contributed by atoms with Gasteiger partial charge in [0.15, 0.2) is 10.9 Å². The minimum absolute atomic E-state index is 0.123. The average molecular weight is 238 g/mol. The van der Waals surface area contributed by atoms with Crippen molar-refractivity contribution in [3.8, 4) is 0 Å². The van der Waals surface area contributed by atoms with Crippen LogP contribution in [0.5, 0.6) is 0 Å². The van der Waals surface area contributed by atoms with E-state index in [4.69, 9.17) is 0 Å². The van der Waals surface area contributed by atoms with E-state index in [1.54, 1.807) is 6.92 Å². The first-order valence-electron chi connectivity index (χ1n) is 5.77. The van der Waals surface area contributed by atoms with Gasteiger partial charge in [-0.15, -0.1) is 0 Å². The summed E-state index contributed by atoms with van der Waals surface area (Å²) in [7, 11) is 2.07. The molecular formula is C12H18N2OS. The van der Waals surface area contributed by atoms with Crippen molar-refractivity contribution in [1.29, 1.82) is 0 Å². The molecule has 0 spiro atoms. The maximum Gasteiger partial charge on any atom is 0.185 e. The molecule has 1 aliphatic carbocycles. The highest BCUT2D eigenvalue weighted by Gasteiger charge is 2.21. The molecule has 0 saturated heterocycles. The van der Waals surface area contributed by atoms with Gasteiger partial charge in [-0.2, -0.15) is 0 Å². The second kappa shape index (κ2) is 4.53. The first kappa shape index (κ1) is 11.6. The molecule has 1 aromatic heterocycles. The highest BCUT2D eigenvalue weighted by Crippen LogP contribution is 2.31. The maximum atomic E-state index is 11.3. The van der Waals surface area contributed by atoms with E-state index in [2.05, 4.69) is 16.9 Å². The molecule has 1 aromatic rings. The minimum atomic E-state index is 0.123. The van der Waals surface area contributed by atoms with Crippen LogP contribution in [0.25, 0.3) is 0 Å². The zero-order chi connectivity index (χ0) is 11.7. The van der Waals surface area contributed by atoms with Crippen molar-refractivity contribution in [3.63, 3.8) is 0 Å². The molecule has 0 unspecified atom stereocenters. The average Bonchev–Trinajstić information content (AvgIpc) is 2.53. The molecule has 0 aliphatic heterocycles. The molecule has 0 N–H and O–H groups in total. The number of ketones is 1. The number of carbonyl (C=O) groups is 1. The maximum absolute atomic E-state index is 11.3. The van der Waals surface area contributed by atoms with E-state index in [0.717, 1.165) is 28.2 Å². The Labute approximate surface area is 100 Å². The van der Waals surface area contributed by atoms with Crippen LogP contribution in [0, 0.1) is 12.8 Å². The monoisotopic (exact) mass is 238 g/mol. The highest BCUT2D eigenvalue weighted by atomic mass is 32.1. The normalized spacial score (nSPS) is 15.9. The van der Waals surface area contributed by atoms with Crippen molar-refractivity contribution in [2.24, 2.45) is 5.92 Å². The van der Waals surface area contributed by atoms with Crippen LogP contribution >= 0.6 is 11.3 Å². The standard InChI is InChI=1S/C12H18N2OS/c1-8-11(9(2)15)16-12(13-8)14(3)7-10-5-4-6-10/h10H,4-7H2,1-3H3. The number of Topliss-reactive ketones (excluding diaryl/α,β-unsaturated/α-hetero) is 1. The van der Waals surface area contributed by atoms with Crippen LogP contribution in [0.1, 0.15) is 41.6 Å². The largest absolute Gasteiger partial charge is 0.351 e. The van der Waals surface area contributed by atoms with E-state index in [0.29, 0.717) is 0 Å². The molecule has 16 heavy (non-hydrogen) atoms. The van der Waals surface area contributed by atoms with E-state index in [1.807, 2.05) is 6.92 Å². The van der Waals surface area contributed by atoms with Gasteiger partial charge in [-0.25, -0.2) is 4.98 Å². The number of hydrogen-bond donors (Lipinski definition) is 0. The SMILES string of the molecule is CC(=O)c1sc(N(C)CC2CCC2)nc1C. The molecule has 3 nitrogen and oxygen atoms in total. The Morgan fingerprint density at radius 3 is 2.69 bits per heavy atom. The van der Waals surface area contributed by atoms with Gasteiger partial charge in [0.25, 0.3) is 0 Å². The zero-order valence-corrected chi connectivity index (χ0v) is 10.9. The van der Waals surface area contributed by atoms with Gasteiger partial charge < -0.3 is 4.90 Å². The van der Waals surface area contributed by atoms with Crippen LogP contribution in [0.4, 0.5) is 5.13 Å². The molecule has 1 heterocycles. The molecule has 1 saturated carbocycles. The molecule has 0 amide bonds. The third-order valence-corrected chi connectivity index (χ3v) is 4.56. The van der Waals surface area contributed by atoms with E-state index >= 15 is 0 Å². The molecule has 88 valence electrons. The summed E-state index contributed by atoms with van der Waals surface area (Å²) in [4.78, 5) is 18.8. The van der Waals surface area contributed by atoms with Crippen LogP contribution in [-0.4, -0.2) is 24.4 Å². The predicted octanol–water partition coefficient (Wildman–Crippen LogP) is 2.89. The smallest absolute Gasteiger partial charge is 0.185 e. The number of rotatable bonds is 4. The lowest BCUT2D eigenvalue weighted by Crippen LogP contribution is -2.29. The summed E-state index contributed by atoms with van der Waals surface area (Å²) in [6.45, 7) is 4.59. The Kier molecular flexibility index (Phi) is 3.28. The summed E-state index contributed by atoms with van der Waals surface area (Å²) in [6.07, 6.45) is 4.05. The second-order valence-corrected chi connectivity index (χ2v) is 5.62. The van der Waals surface area contributed by atoms with Crippen molar-refractivity contribution in [2.45, 2.75) is 33.1 Å². The van der Waals surface area contributed by atoms with Crippen molar-refractivity contribution >= 4 is 22.3 Å². The van der Waals surface area contributed by atoms with Gasteiger partial charge in [-0.05, 0) is 25.7 Å². The van der Waals surface area contributed by atoms with Gasteiger partial charge in [0.1, 0.15) is 0 Å². The number of nitrogens with zero attached hydrogens (tertiary/aromatic N) is 2. The molecule has 0 aromatic carbocycles. The van der Waals surface area contributed by atoms with Gasteiger partial charge >= 0.3 is 0 Å². The molecule has 0 radical (unpaired) electrons. The summed E-state index contributed by atoms with van der Waals surface area (Å²) in [5.41, 5.74) is 0.868. The fourth-order valence-corrected chi connectivity index (χ4v) is 2.95. The predicted molar refractivity (Wildman–Crippen MR) is 67.5 cm³/mol. The number of carbonyl (C=O) groups excluding carboxylic acids is 1. The lowest BCUT2D eigenvalue weighted by atomic mass is 9.85. The molecule has 2 rings (SSSR count). The zero-order valence-electron chi connectivity index (χ0n) is 10.1. The fraction of sp³-hybridized carbons (Fsp3) is 0.667. The van der Waals surface area contributed by atoms with Crippen LogP contribution in [0.15, 0.2) is 0 Å². The van der Waals surface area contributed by atoms with E-state index in [1.165, 1.54) is 30.6 Å². The van der Waals surface area contributed by atoms with Gasteiger partial charge in [-0.1, -0.05) is 17.8 Å². The fourth-order valence-electron chi connectivity index (χ4n) is 2.01. The molecule has 0 atom stereocenters. The number of thiazole rings is 1. The summed E-state index contributed by atoms with van der Waals surface area (Å²) in [6, 6.07) is 0. The van der Waals surface area contributed by atoms with Crippen LogP contribution in [0.3, 0.4) is 0 Å². The number of hydrogen-bond acceptors (Lipinski definition) is 4. The van der Waals surface area contributed by atoms with E-state index < -0.39 is 0 Å². The molecule has 0 bridgehead atoms. The topological polar surface area (TPSA) is 33.2 Å². The Balaban J connectivity index is 2.07. The molecular weight excluding hydrogens is 220 g/mol. The van der Waals surface area contributed by atoms with Crippen LogP contribution in [-0.2, 0) is 0 Å². The molecule has 1 aliphatic rings. The van der Waals surface area contributed by atoms with Crippen LogP contribution in [0.2, 0.25) is 0 Å². The summed E-state index contributed by atoms with van der Waals surface area (Å²) in [5.74, 6) is 0.952. The lowest BCUT2D eigenvalue weighted by molar-refractivity contribution is 0.102. The highest BCUT2D eigenvalue weighted by molar-refractivity contribution is 7.17. The van der Waals surface area contributed by atoms with Crippen molar-refractivity contribution < 1.29 is 4.79 Å². The molecule has 1 fully saturated rings. The Hall–Kier alpha value is -0.900. The van der Waals surface area contributed by atoms with Crippen molar-refractivity contribution in [2.75, 3.05) is 18.5 Å². The number of anilines is 1. The second-order valence-electron chi connectivity index (χ2n) is 4.64. The minimum Gasteiger partial charge on any atom is -0.351 e.